The lowest BCUT2D eigenvalue weighted by atomic mass is 9.96. The minimum absolute atomic E-state index is 0.302. The van der Waals surface area contributed by atoms with Gasteiger partial charge in [-0.15, -0.1) is 11.3 Å². The van der Waals surface area contributed by atoms with Crippen molar-refractivity contribution in [3.63, 3.8) is 0 Å². The third kappa shape index (κ3) is 3.88. The van der Waals surface area contributed by atoms with Crippen molar-refractivity contribution < 1.29 is 5.11 Å². The number of hydrogen-bond donors (Lipinski definition) is 2. The predicted octanol–water partition coefficient (Wildman–Crippen LogP) is 3.97. The van der Waals surface area contributed by atoms with Crippen LogP contribution in [0.15, 0.2) is 35.3 Å². The van der Waals surface area contributed by atoms with E-state index in [0.29, 0.717) is 6.04 Å². The SMILES string of the molecule is Cc1cc2c(s1)Nc1ccccc1N=C2N1CCN(C)[C@@H](CC(C)(C)O)C1. The van der Waals surface area contributed by atoms with E-state index in [9.17, 15) is 5.11 Å². The third-order valence-electron chi connectivity index (χ3n) is 5.29. The van der Waals surface area contributed by atoms with E-state index in [0.717, 1.165) is 48.3 Å². The second-order valence-electron chi connectivity index (χ2n) is 8.27. The summed E-state index contributed by atoms with van der Waals surface area (Å²) in [6, 6.07) is 10.8. The highest BCUT2D eigenvalue weighted by Crippen LogP contribution is 2.39. The molecular formula is C21H28N4OS. The van der Waals surface area contributed by atoms with E-state index in [1.165, 1.54) is 10.4 Å². The first kappa shape index (κ1) is 18.5. The number of amidine groups is 1. The van der Waals surface area contributed by atoms with E-state index in [1.807, 2.05) is 26.0 Å². The molecule has 6 heteroatoms. The molecule has 2 aromatic rings. The Morgan fingerprint density at radius 2 is 2.07 bits per heavy atom. The Kier molecular flexibility index (Phi) is 4.74. The molecule has 4 rings (SSSR count). The summed E-state index contributed by atoms with van der Waals surface area (Å²) in [5, 5.41) is 15.1. The smallest absolute Gasteiger partial charge is 0.139 e. The fourth-order valence-corrected chi connectivity index (χ4v) is 4.84. The second-order valence-corrected chi connectivity index (χ2v) is 9.53. The molecular weight excluding hydrogens is 356 g/mol. The molecule has 27 heavy (non-hydrogen) atoms. The van der Waals surface area contributed by atoms with Crippen LogP contribution < -0.4 is 5.32 Å². The van der Waals surface area contributed by atoms with Gasteiger partial charge in [-0.1, -0.05) is 12.1 Å². The Labute approximate surface area is 165 Å². The van der Waals surface area contributed by atoms with Gasteiger partial charge in [-0.3, -0.25) is 4.90 Å². The van der Waals surface area contributed by atoms with Crippen molar-refractivity contribution in [2.75, 3.05) is 32.0 Å². The van der Waals surface area contributed by atoms with Crippen molar-refractivity contribution in [1.29, 1.82) is 0 Å². The molecule has 0 aliphatic carbocycles. The standard InChI is InChI=1S/C21H28N4OS/c1-14-11-16-19(22-17-7-5-6-8-18(17)23-20(16)27-14)25-10-9-24(4)15(13-25)12-21(2,3)26/h5-8,11,15,23,26H,9-10,12-13H2,1-4H3/t15-/m0/s1. The van der Waals surface area contributed by atoms with Crippen LogP contribution in [0.25, 0.3) is 0 Å². The van der Waals surface area contributed by atoms with Gasteiger partial charge >= 0.3 is 0 Å². The fourth-order valence-electron chi connectivity index (χ4n) is 3.92. The molecule has 0 saturated carbocycles. The zero-order chi connectivity index (χ0) is 19.2. The maximum atomic E-state index is 10.3. The van der Waals surface area contributed by atoms with Gasteiger partial charge in [0.1, 0.15) is 10.8 Å². The number of likely N-dealkylation sites (N-methyl/N-ethyl adjacent to an activating group) is 1. The highest BCUT2D eigenvalue weighted by molar-refractivity contribution is 7.16. The van der Waals surface area contributed by atoms with E-state index < -0.39 is 5.60 Å². The number of anilines is 2. The molecule has 144 valence electrons. The van der Waals surface area contributed by atoms with Gasteiger partial charge in [0.15, 0.2) is 0 Å². The molecule has 0 spiro atoms. The van der Waals surface area contributed by atoms with E-state index in [1.54, 1.807) is 11.3 Å². The first-order valence-corrected chi connectivity index (χ1v) is 10.3. The van der Waals surface area contributed by atoms with Crippen LogP contribution in [0.2, 0.25) is 0 Å². The van der Waals surface area contributed by atoms with Gasteiger partial charge in [-0.05, 0) is 52.4 Å². The van der Waals surface area contributed by atoms with E-state index in [-0.39, 0.29) is 0 Å². The monoisotopic (exact) mass is 384 g/mol. The summed E-state index contributed by atoms with van der Waals surface area (Å²) in [5.41, 5.74) is 2.54. The van der Waals surface area contributed by atoms with Crippen molar-refractivity contribution in [3.05, 3.63) is 40.8 Å². The number of rotatable bonds is 2. The molecule has 1 atom stereocenters. The van der Waals surface area contributed by atoms with Gasteiger partial charge in [0.25, 0.3) is 0 Å². The summed E-state index contributed by atoms with van der Waals surface area (Å²) in [6.07, 6.45) is 0.748. The summed E-state index contributed by atoms with van der Waals surface area (Å²) in [6.45, 7) is 8.70. The van der Waals surface area contributed by atoms with Crippen LogP contribution in [-0.2, 0) is 0 Å². The number of aliphatic imine (C=N–C) groups is 1. The molecule has 0 amide bonds. The Hall–Kier alpha value is -1.89. The molecule has 3 heterocycles. The molecule has 1 saturated heterocycles. The maximum absolute atomic E-state index is 10.3. The van der Waals surface area contributed by atoms with Crippen molar-refractivity contribution in [1.82, 2.24) is 9.80 Å². The number of thiophene rings is 1. The predicted molar refractivity (Wildman–Crippen MR) is 114 cm³/mol. The first-order chi connectivity index (χ1) is 12.8. The van der Waals surface area contributed by atoms with Crippen LogP contribution in [0.3, 0.4) is 0 Å². The largest absolute Gasteiger partial charge is 0.390 e. The summed E-state index contributed by atoms with van der Waals surface area (Å²) in [4.78, 5) is 11.1. The summed E-state index contributed by atoms with van der Waals surface area (Å²) >= 11 is 1.78. The summed E-state index contributed by atoms with van der Waals surface area (Å²) in [7, 11) is 2.15. The normalized spacial score (nSPS) is 20.4. The number of aryl methyl sites for hydroxylation is 1. The maximum Gasteiger partial charge on any atom is 0.139 e. The average molecular weight is 385 g/mol. The Morgan fingerprint density at radius 3 is 2.85 bits per heavy atom. The molecule has 0 bridgehead atoms. The van der Waals surface area contributed by atoms with Crippen molar-refractivity contribution in [2.45, 2.75) is 38.8 Å². The number of nitrogens with zero attached hydrogens (tertiary/aromatic N) is 3. The van der Waals surface area contributed by atoms with Crippen LogP contribution in [-0.4, -0.2) is 59.1 Å². The Bertz CT molecular complexity index is 867. The van der Waals surface area contributed by atoms with E-state index >= 15 is 0 Å². The minimum Gasteiger partial charge on any atom is -0.390 e. The van der Waals surface area contributed by atoms with Gasteiger partial charge in [0, 0.05) is 30.6 Å². The number of benzene rings is 1. The number of para-hydroxylation sites is 2. The van der Waals surface area contributed by atoms with Gasteiger partial charge in [-0.25, -0.2) is 4.99 Å². The van der Waals surface area contributed by atoms with Crippen LogP contribution in [0, 0.1) is 6.92 Å². The van der Waals surface area contributed by atoms with Gasteiger partial charge in [0.05, 0.1) is 22.5 Å². The van der Waals surface area contributed by atoms with E-state index in [4.69, 9.17) is 4.99 Å². The van der Waals surface area contributed by atoms with E-state index in [2.05, 4.69) is 47.3 Å². The molecule has 2 aliphatic rings. The molecule has 1 aromatic heterocycles. The highest BCUT2D eigenvalue weighted by Gasteiger charge is 2.32. The van der Waals surface area contributed by atoms with Crippen molar-refractivity contribution in [2.24, 2.45) is 4.99 Å². The summed E-state index contributed by atoms with van der Waals surface area (Å²) < 4.78 is 0. The lowest BCUT2D eigenvalue weighted by Gasteiger charge is -2.42. The fraction of sp³-hybridized carbons (Fsp3) is 0.476. The van der Waals surface area contributed by atoms with Crippen LogP contribution in [0.4, 0.5) is 16.4 Å². The Morgan fingerprint density at radius 1 is 1.30 bits per heavy atom. The highest BCUT2D eigenvalue weighted by atomic mass is 32.1. The Balaban J connectivity index is 1.71. The van der Waals surface area contributed by atoms with Gasteiger partial charge in [-0.2, -0.15) is 0 Å². The molecule has 2 N–H and O–H groups in total. The number of nitrogens with one attached hydrogen (secondary N) is 1. The number of hydrogen-bond acceptors (Lipinski definition) is 6. The molecule has 0 unspecified atom stereocenters. The van der Waals surface area contributed by atoms with Crippen LogP contribution >= 0.6 is 11.3 Å². The third-order valence-corrected chi connectivity index (χ3v) is 6.25. The molecule has 1 aromatic carbocycles. The second kappa shape index (κ2) is 6.93. The molecule has 2 aliphatic heterocycles. The number of piperazine rings is 1. The number of aliphatic hydroxyl groups is 1. The number of fused-ring (bicyclic) bond motifs is 2. The van der Waals surface area contributed by atoms with Gasteiger partial charge in [0.2, 0.25) is 0 Å². The topological polar surface area (TPSA) is 51.1 Å². The van der Waals surface area contributed by atoms with Crippen LogP contribution in [0.5, 0.6) is 0 Å². The van der Waals surface area contributed by atoms with Crippen LogP contribution in [0.1, 0.15) is 30.7 Å². The lowest BCUT2D eigenvalue weighted by Crippen LogP contribution is -2.55. The average Bonchev–Trinajstić information content (AvgIpc) is 2.87. The van der Waals surface area contributed by atoms with Gasteiger partial charge < -0.3 is 15.3 Å². The molecule has 5 nitrogen and oxygen atoms in total. The quantitative estimate of drug-likeness (QED) is 0.823. The zero-order valence-corrected chi connectivity index (χ0v) is 17.3. The van der Waals surface area contributed by atoms with Crippen molar-refractivity contribution >= 4 is 33.5 Å². The first-order valence-electron chi connectivity index (χ1n) is 9.53. The molecule has 0 radical (unpaired) electrons. The minimum atomic E-state index is -0.675. The molecule has 1 fully saturated rings. The summed E-state index contributed by atoms with van der Waals surface area (Å²) in [5.74, 6) is 1.04. The lowest BCUT2D eigenvalue weighted by molar-refractivity contribution is 0.0218. The van der Waals surface area contributed by atoms with Crippen molar-refractivity contribution in [3.8, 4) is 0 Å². The zero-order valence-electron chi connectivity index (χ0n) is 16.5.